The average Bonchev–Trinajstić information content (AvgIpc) is 3.26. The molecule has 0 saturated heterocycles. The van der Waals surface area contributed by atoms with E-state index in [1.807, 2.05) is 92.8 Å². The van der Waals surface area contributed by atoms with Crippen LogP contribution in [0.3, 0.4) is 0 Å². The Hall–Kier alpha value is -3.91. The van der Waals surface area contributed by atoms with E-state index < -0.39 is 0 Å². The van der Waals surface area contributed by atoms with Gasteiger partial charge in [0.1, 0.15) is 0 Å². The molecule has 2 heterocycles. The summed E-state index contributed by atoms with van der Waals surface area (Å²) < 4.78 is 3.48. The molecule has 3 aromatic carbocycles. The van der Waals surface area contributed by atoms with Gasteiger partial charge in [0.25, 0.3) is 5.56 Å². The maximum atomic E-state index is 13.6. The molecule has 2 aromatic heterocycles. The molecule has 0 unspecified atom stereocenters. The van der Waals surface area contributed by atoms with Gasteiger partial charge in [-0.3, -0.25) is 14.0 Å². The van der Waals surface area contributed by atoms with Crippen molar-refractivity contribution in [3.05, 3.63) is 93.3 Å². The summed E-state index contributed by atoms with van der Waals surface area (Å²) in [5, 5.41) is 12.8. The van der Waals surface area contributed by atoms with Crippen molar-refractivity contribution < 1.29 is 4.79 Å². The van der Waals surface area contributed by atoms with E-state index in [1.54, 1.807) is 4.57 Å². The third-order valence-electron chi connectivity index (χ3n) is 6.18. The van der Waals surface area contributed by atoms with Gasteiger partial charge >= 0.3 is 0 Å². The number of rotatable bonds is 5. The molecule has 0 saturated carbocycles. The highest BCUT2D eigenvalue weighted by Crippen LogP contribution is 2.26. The number of benzene rings is 3. The largest absolute Gasteiger partial charge is 0.325 e. The second kappa shape index (κ2) is 9.03. The molecule has 0 spiro atoms. The number of nitrogens with zero attached hydrogens (tertiary/aromatic N) is 4. The molecular formula is C27H25N5O2S. The summed E-state index contributed by atoms with van der Waals surface area (Å²) in [7, 11) is 0. The van der Waals surface area contributed by atoms with Crippen LogP contribution >= 0.6 is 11.8 Å². The molecule has 0 fully saturated rings. The zero-order valence-electron chi connectivity index (χ0n) is 20.0. The van der Waals surface area contributed by atoms with Crippen LogP contribution in [0.1, 0.15) is 22.3 Å². The van der Waals surface area contributed by atoms with Gasteiger partial charge in [0, 0.05) is 5.69 Å². The van der Waals surface area contributed by atoms with Crippen molar-refractivity contribution in [2.45, 2.75) is 32.9 Å². The van der Waals surface area contributed by atoms with Crippen LogP contribution < -0.4 is 10.9 Å². The Kier molecular flexibility index (Phi) is 5.90. The minimum atomic E-state index is -0.151. The third kappa shape index (κ3) is 4.10. The predicted octanol–water partition coefficient (Wildman–Crippen LogP) is 5.00. The van der Waals surface area contributed by atoms with Crippen molar-refractivity contribution in [1.29, 1.82) is 0 Å². The van der Waals surface area contributed by atoms with E-state index in [0.29, 0.717) is 21.8 Å². The summed E-state index contributed by atoms with van der Waals surface area (Å²) in [6.07, 6.45) is 0. The van der Waals surface area contributed by atoms with E-state index in [0.717, 1.165) is 28.1 Å². The molecule has 0 aliphatic rings. The normalized spacial score (nSPS) is 11.3. The zero-order chi connectivity index (χ0) is 24.7. The SMILES string of the molecule is Cc1ccc(NC(=O)CSc2nnc3n(-c4c(C)cccc4C)c(=O)c4ccccc4n23)cc1C. The van der Waals surface area contributed by atoms with E-state index >= 15 is 0 Å². The van der Waals surface area contributed by atoms with Crippen LogP contribution in [-0.4, -0.2) is 30.8 Å². The van der Waals surface area contributed by atoms with E-state index in [-0.39, 0.29) is 17.2 Å². The standard InChI is InChI=1S/C27H25N5O2S/c1-16-12-13-20(14-19(16)4)28-23(33)15-35-27-30-29-26-31(27)22-11-6-5-10-21(22)25(34)32(26)24-17(2)8-7-9-18(24)3/h5-14H,15H2,1-4H3,(H,28,33). The lowest BCUT2D eigenvalue weighted by atomic mass is 10.1. The number of aryl methyl sites for hydroxylation is 4. The van der Waals surface area contributed by atoms with Gasteiger partial charge < -0.3 is 5.32 Å². The zero-order valence-corrected chi connectivity index (χ0v) is 20.8. The van der Waals surface area contributed by atoms with Gasteiger partial charge in [0.05, 0.1) is 22.3 Å². The van der Waals surface area contributed by atoms with Crippen LogP contribution in [0.4, 0.5) is 5.69 Å². The van der Waals surface area contributed by atoms with Crippen LogP contribution in [0.2, 0.25) is 0 Å². The average molecular weight is 484 g/mol. The maximum absolute atomic E-state index is 13.6. The van der Waals surface area contributed by atoms with Gasteiger partial charge in [-0.15, -0.1) is 10.2 Å². The molecule has 5 aromatic rings. The number of carbonyl (C=O) groups is 1. The fraction of sp³-hybridized carbons (Fsp3) is 0.185. The number of carbonyl (C=O) groups excluding carboxylic acids is 1. The first-order valence-corrected chi connectivity index (χ1v) is 12.3. The Morgan fingerprint density at radius 1 is 0.886 bits per heavy atom. The molecule has 0 atom stereocenters. The molecule has 8 heteroatoms. The molecule has 1 amide bonds. The Labute approximate surface area is 206 Å². The molecule has 35 heavy (non-hydrogen) atoms. The quantitative estimate of drug-likeness (QED) is 0.356. The maximum Gasteiger partial charge on any atom is 0.267 e. The number of amides is 1. The number of para-hydroxylation sites is 2. The highest BCUT2D eigenvalue weighted by atomic mass is 32.2. The molecule has 0 radical (unpaired) electrons. The van der Waals surface area contributed by atoms with Gasteiger partial charge in [0.15, 0.2) is 5.16 Å². The first kappa shape index (κ1) is 22.9. The first-order chi connectivity index (χ1) is 16.8. The Balaban J connectivity index is 1.57. The number of fused-ring (bicyclic) bond motifs is 3. The summed E-state index contributed by atoms with van der Waals surface area (Å²) >= 11 is 1.29. The first-order valence-electron chi connectivity index (χ1n) is 11.3. The van der Waals surface area contributed by atoms with E-state index in [9.17, 15) is 9.59 Å². The molecule has 0 aliphatic carbocycles. The van der Waals surface area contributed by atoms with Gasteiger partial charge in [-0.2, -0.15) is 0 Å². The number of hydrogen-bond acceptors (Lipinski definition) is 5. The molecule has 0 bridgehead atoms. The Morgan fingerprint density at radius 3 is 2.37 bits per heavy atom. The van der Waals surface area contributed by atoms with Crippen molar-refractivity contribution in [2.24, 2.45) is 0 Å². The van der Waals surface area contributed by atoms with Crippen molar-refractivity contribution in [3.8, 4) is 5.69 Å². The van der Waals surface area contributed by atoms with Gasteiger partial charge in [-0.05, 0) is 74.2 Å². The lowest BCUT2D eigenvalue weighted by Crippen LogP contribution is -2.23. The van der Waals surface area contributed by atoms with Crippen LogP contribution in [0.5, 0.6) is 0 Å². The fourth-order valence-corrected chi connectivity index (χ4v) is 5.02. The van der Waals surface area contributed by atoms with Crippen LogP contribution in [0.15, 0.2) is 70.6 Å². The second-order valence-electron chi connectivity index (χ2n) is 8.65. The lowest BCUT2D eigenvalue weighted by molar-refractivity contribution is -0.113. The number of hydrogen-bond donors (Lipinski definition) is 1. The smallest absolute Gasteiger partial charge is 0.267 e. The highest BCUT2D eigenvalue weighted by molar-refractivity contribution is 7.99. The molecule has 176 valence electrons. The number of nitrogens with one attached hydrogen (secondary N) is 1. The molecule has 1 N–H and O–H groups in total. The second-order valence-corrected chi connectivity index (χ2v) is 9.59. The van der Waals surface area contributed by atoms with E-state index in [1.165, 1.54) is 17.3 Å². The van der Waals surface area contributed by atoms with E-state index in [2.05, 4.69) is 15.5 Å². The summed E-state index contributed by atoms with van der Waals surface area (Å²) in [4.78, 5) is 26.3. The number of aromatic nitrogens is 4. The minimum Gasteiger partial charge on any atom is -0.325 e. The molecular weight excluding hydrogens is 458 g/mol. The summed E-state index contributed by atoms with van der Waals surface area (Å²) in [5.74, 6) is 0.440. The third-order valence-corrected chi connectivity index (χ3v) is 7.11. The highest BCUT2D eigenvalue weighted by Gasteiger charge is 2.20. The van der Waals surface area contributed by atoms with Crippen LogP contribution in [-0.2, 0) is 4.79 Å². The van der Waals surface area contributed by atoms with Crippen molar-refractivity contribution in [3.63, 3.8) is 0 Å². The summed E-state index contributed by atoms with van der Waals surface area (Å²) in [6.45, 7) is 8.01. The molecule has 0 aliphatic heterocycles. The summed E-state index contributed by atoms with van der Waals surface area (Å²) in [5.41, 5.74) is 6.34. The Morgan fingerprint density at radius 2 is 1.63 bits per heavy atom. The van der Waals surface area contributed by atoms with Crippen LogP contribution in [0, 0.1) is 27.7 Å². The molecule has 5 rings (SSSR count). The van der Waals surface area contributed by atoms with Crippen molar-refractivity contribution in [2.75, 3.05) is 11.1 Å². The monoisotopic (exact) mass is 483 g/mol. The summed E-state index contributed by atoms with van der Waals surface area (Å²) in [6, 6.07) is 19.2. The lowest BCUT2D eigenvalue weighted by Gasteiger charge is -2.15. The van der Waals surface area contributed by atoms with E-state index in [4.69, 9.17) is 0 Å². The molecule has 7 nitrogen and oxygen atoms in total. The fourth-order valence-electron chi connectivity index (χ4n) is 4.28. The number of thioether (sulfide) groups is 1. The van der Waals surface area contributed by atoms with Gasteiger partial charge in [-0.1, -0.05) is 48.2 Å². The topological polar surface area (TPSA) is 81.3 Å². The van der Waals surface area contributed by atoms with Gasteiger partial charge in [-0.25, -0.2) is 4.57 Å². The number of anilines is 1. The Bertz CT molecular complexity index is 1650. The van der Waals surface area contributed by atoms with Crippen molar-refractivity contribution >= 4 is 40.0 Å². The van der Waals surface area contributed by atoms with Gasteiger partial charge in [0.2, 0.25) is 11.7 Å². The van der Waals surface area contributed by atoms with Crippen LogP contribution in [0.25, 0.3) is 22.4 Å². The predicted molar refractivity (Wildman–Crippen MR) is 141 cm³/mol. The minimum absolute atomic E-state index is 0.137. The van der Waals surface area contributed by atoms with Crippen molar-refractivity contribution in [1.82, 2.24) is 19.2 Å².